The number of anilines is 1. The smallest absolute Gasteiger partial charge is 0.353 e. The zero-order valence-electron chi connectivity index (χ0n) is 15.1. The molecule has 2 aliphatic rings. The first kappa shape index (κ1) is 17.5. The Balaban J connectivity index is 1.31. The highest BCUT2D eigenvalue weighted by molar-refractivity contribution is 6.35. The minimum atomic E-state index is -1.01. The van der Waals surface area contributed by atoms with Crippen molar-refractivity contribution < 1.29 is 14.7 Å². The van der Waals surface area contributed by atoms with Crippen LogP contribution in [0, 0.1) is 0 Å². The summed E-state index contributed by atoms with van der Waals surface area (Å²) in [5.74, 6) is -1.01. The molecule has 0 bridgehead atoms. The Labute approximate surface area is 158 Å². The van der Waals surface area contributed by atoms with Crippen molar-refractivity contribution in [3.05, 3.63) is 65.7 Å². The molecule has 6 heteroatoms. The quantitative estimate of drug-likeness (QED) is 0.883. The number of benzene rings is 2. The molecule has 0 saturated carbocycles. The zero-order chi connectivity index (χ0) is 18.6. The summed E-state index contributed by atoms with van der Waals surface area (Å²) >= 11 is 0. The molecule has 1 unspecified atom stereocenters. The van der Waals surface area contributed by atoms with Crippen molar-refractivity contribution in [2.24, 2.45) is 5.16 Å². The fourth-order valence-corrected chi connectivity index (χ4v) is 3.59. The van der Waals surface area contributed by atoms with E-state index in [0.717, 1.165) is 38.3 Å². The molecule has 0 aliphatic carbocycles. The van der Waals surface area contributed by atoms with E-state index in [2.05, 4.69) is 57.4 Å². The van der Waals surface area contributed by atoms with Crippen LogP contribution in [0.3, 0.4) is 0 Å². The highest BCUT2D eigenvalue weighted by Crippen LogP contribution is 2.29. The third-order valence-electron chi connectivity index (χ3n) is 5.17. The number of carboxylic acid groups (broad SMARTS) is 1. The molecule has 6 nitrogen and oxygen atoms in total. The lowest BCUT2D eigenvalue weighted by Gasteiger charge is -2.36. The third-order valence-corrected chi connectivity index (χ3v) is 5.17. The molecule has 140 valence electrons. The predicted octanol–water partition coefficient (Wildman–Crippen LogP) is 2.91. The second-order valence-electron chi connectivity index (χ2n) is 6.98. The monoisotopic (exact) mass is 365 g/mol. The number of oxime groups is 1. The first-order chi connectivity index (χ1) is 13.2. The SMILES string of the molecule is O=C(O)C1=NOC(c2ccc(N3CCN(Cc4ccccc4)CC3)cc2)C1. The molecule has 1 fully saturated rings. The van der Waals surface area contributed by atoms with Gasteiger partial charge in [0.15, 0.2) is 11.8 Å². The van der Waals surface area contributed by atoms with E-state index in [1.165, 1.54) is 11.3 Å². The number of nitrogens with zero attached hydrogens (tertiary/aromatic N) is 3. The Hall–Kier alpha value is -2.86. The van der Waals surface area contributed by atoms with Crippen LogP contribution in [0.4, 0.5) is 5.69 Å². The van der Waals surface area contributed by atoms with Crippen LogP contribution in [0.2, 0.25) is 0 Å². The third kappa shape index (κ3) is 4.11. The van der Waals surface area contributed by atoms with Gasteiger partial charge in [-0.05, 0) is 23.3 Å². The largest absolute Gasteiger partial charge is 0.477 e. The maximum atomic E-state index is 11.0. The molecule has 1 saturated heterocycles. The van der Waals surface area contributed by atoms with Gasteiger partial charge >= 0.3 is 5.97 Å². The molecule has 0 spiro atoms. The number of hydrogen-bond acceptors (Lipinski definition) is 5. The van der Waals surface area contributed by atoms with Gasteiger partial charge in [-0.25, -0.2) is 4.79 Å². The lowest BCUT2D eigenvalue weighted by Crippen LogP contribution is -2.45. The highest BCUT2D eigenvalue weighted by Gasteiger charge is 2.27. The van der Waals surface area contributed by atoms with Crippen LogP contribution in [0.15, 0.2) is 59.8 Å². The van der Waals surface area contributed by atoms with Gasteiger partial charge in [-0.2, -0.15) is 0 Å². The predicted molar refractivity (Wildman–Crippen MR) is 104 cm³/mol. The minimum absolute atomic E-state index is 0.0821. The van der Waals surface area contributed by atoms with Crippen molar-refractivity contribution in [2.45, 2.75) is 19.1 Å². The Morgan fingerprint density at radius 2 is 1.74 bits per heavy atom. The van der Waals surface area contributed by atoms with Crippen molar-refractivity contribution in [1.29, 1.82) is 0 Å². The standard InChI is InChI=1S/C21H23N3O3/c25-21(26)19-14-20(27-22-19)17-6-8-18(9-7-17)24-12-10-23(11-13-24)15-16-4-2-1-3-5-16/h1-9,20H,10-15H2,(H,25,26). The summed E-state index contributed by atoms with van der Waals surface area (Å²) < 4.78 is 0. The summed E-state index contributed by atoms with van der Waals surface area (Å²) in [5.41, 5.74) is 3.59. The van der Waals surface area contributed by atoms with Crippen LogP contribution in [0.25, 0.3) is 0 Å². The van der Waals surface area contributed by atoms with Gasteiger partial charge in [0.1, 0.15) is 0 Å². The van der Waals surface area contributed by atoms with Crippen molar-refractivity contribution in [3.63, 3.8) is 0 Å². The molecule has 1 N–H and O–H groups in total. The second kappa shape index (κ2) is 7.80. The van der Waals surface area contributed by atoms with Crippen LogP contribution in [-0.2, 0) is 16.2 Å². The van der Waals surface area contributed by atoms with E-state index in [1.807, 2.05) is 12.1 Å². The lowest BCUT2D eigenvalue weighted by molar-refractivity contribution is -0.129. The average Bonchev–Trinajstić information content (AvgIpc) is 3.20. The van der Waals surface area contributed by atoms with Crippen LogP contribution >= 0.6 is 0 Å². The van der Waals surface area contributed by atoms with Gasteiger partial charge in [0.05, 0.1) is 0 Å². The van der Waals surface area contributed by atoms with E-state index < -0.39 is 5.97 Å². The lowest BCUT2D eigenvalue weighted by atomic mass is 10.0. The number of hydrogen-bond donors (Lipinski definition) is 1. The summed E-state index contributed by atoms with van der Waals surface area (Å²) in [7, 11) is 0. The molecule has 0 aromatic heterocycles. The van der Waals surface area contributed by atoms with Crippen molar-refractivity contribution in [3.8, 4) is 0 Å². The van der Waals surface area contributed by atoms with Crippen LogP contribution < -0.4 is 4.90 Å². The summed E-state index contributed by atoms with van der Waals surface area (Å²) in [6.07, 6.45) is 0.0141. The summed E-state index contributed by atoms with van der Waals surface area (Å²) in [6, 6.07) is 18.8. The average molecular weight is 365 g/mol. The van der Waals surface area contributed by atoms with E-state index in [1.54, 1.807) is 0 Å². The minimum Gasteiger partial charge on any atom is -0.477 e. The van der Waals surface area contributed by atoms with Gasteiger partial charge in [-0.3, -0.25) is 4.90 Å². The van der Waals surface area contributed by atoms with Gasteiger partial charge in [0, 0.05) is 44.8 Å². The topological polar surface area (TPSA) is 65.4 Å². The van der Waals surface area contributed by atoms with E-state index in [4.69, 9.17) is 9.94 Å². The molecule has 0 amide bonds. The molecule has 1 atom stereocenters. The number of rotatable bonds is 5. The number of carboxylic acids is 1. The normalized spacial score (nSPS) is 20.2. The van der Waals surface area contributed by atoms with Crippen LogP contribution in [0.5, 0.6) is 0 Å². The highest BCUT2D eigenvalue weighted by atomic mass is 16.6. The van der Waals surface area contributed by atoms with E-state index >= 15 is 0 Å². The Kier molecular flexibility index (Phi) is 5.07. The molecule has 0 radical (unpaired) electrons. The zero-order valence-corrected chi connectivity index (χ0v) is 15.1. The fourth-order valence-electron chi connectivity index (χ4n) is 3.59. The van der Waals surface area contributed by atoms with Crippen molar-refractivity contribution in [2.75, 3.05) is 31.1 Å². The first-order valence-electron chi connectivity index (χ1n) is 9.26. The molecule has 2 aromatic rings. The van der Waals surface area contributed by atoms with Gasteiger partial charge in [0.25, 0.3) is 0 Å². The molecule has 2 aliphatic heterocycles. The van der Waals surface area contributed by atoms with E-state index in [-0.39, 0.29) is 11.8 Å². The molecule has 27 heavy (non-hydrogen) atoms. The molecule has 4 rings (SSSR count). The first-order valence-corrected chi connectivity index (χ1v) is 9.26. The summed E-state index contributed by atoms with van der Waals surface area (Å²) in [5, 5.41) is 12.6. The van der Waals surface area contributed by atoms with Gasteiger partial charge in [-0.1, -0.05) is 47.6 Å². The number of piperazine rings is 1. The van der Waals surface area contributed by atoms with E-state index in [0.29, 0.717) is 6.42 Å². The van der Waals surface area contributed by atoms with Gasteiger partial charge in [-0.15, -0.1) is 0 Å². The molecular formula is C21H23N3O3. The summed E-state index contributed by atoms with van der Waals surface area (Å²) in [6.45, 7) is 5.08. The fraction of sp³-hybridized carbons (Fsp3) is 0.333. The maximum absolute atomic E-state index is 11.0. The molecule has 2 aromatic carbocycles. The van der Waals surface area contributed by atoms with Crippen LogP contribution in [0.1, 0.15) is 23.7 Å². The molecular weight excluding hydrogens is 342 g/mol. The Morgan fingerprint density at radius 3 is 2.37 bits per heavy atom. The number of carbonyl (C=O) groups is 1. The second-order valence-corrected chi connectivity index (χ2v) is 6.98. The van der Waals surface area contributed by atoms with Gasteiger partial charge in [0.2, 0.25) is 0 Å². The Morgan fingerprint density at radius 1 is 1.04 bits per heavy atom. The summed E-state index contributed by atoms with van der Waals surface area (Å²) in [4.78, 5) is 21.1. The van der Waals surface area contributed by atoms with Crippen LogP contribution in [-0.4, -0.2) is 47.9 Å². The van der Waals surface area contributed by atoms with E-state index in [9.17, 15) is 4.79 Å². The van der Waals surface area contributed by atoms with Crippen molar-refractivity contribution >= 4 is 17.4 Å². The number of aliphatic carboxylic acids is 1. The Bertz CT molecular complexity index is 812. The van der Waals surface area contributed by atoms with Crippen molar-refractivity contribution in [1.82, 2.24) is 4.90 Å². The molecule has 2 heterocycles. The maximum Gasteiger partial charge on any atom is 0.353 e. The van der Waals surface area contributed by atoms with Gasteiger partial charge < -0.3 is 14.8 Å².